The number of carbonyl (C=O) groups excluding carboxylic acids is 2. The predicted molar refractivity (Wildman–Crippen MR) is 199 cm³/mol. The van der Waals surface area contributed by atoms with Crippen LogP contribution in [0.15, 0.2) is 58.8 Å². The summed E-state index contributed by atoms with van der Waals surface area (Å²) in [5, 5.41) is 11.5. The Morgan fingerprint density at radius 1 is 0.980 bits per heavy atom. The van der Waals surface area contributed by atoms with Gasteiger partial charge in [-0.05, 0) is 107 Å². The molecule has 12 heteroatoms. The van der Waals surface area contributed by atoms with Gasteiger partial charge in [0.25, 0.3) is 14.4 Å². The van der Waals surface area contributed by atoms with Crippen LogP contribution in [0.5, 0.6) is 0 Å². The number of azo groups is 1. The zero-order chi connectivity index (χ0) is 36.5. The minimum Gasteiger partial charge on any atom is -0.378 e. The van der Waals surface area contributed by atoms with Gasteiger partial charge in [-0.2, -0.15) is 10.2 Å². The third-order valence-electron chi connectivity index (χ3n) is 8.44. The van der Waals surface area contributed by atoms with Crippen LogP contribution in [0.3, 0.4) is 0 Å². The molecule has 0 radical (unpaired) electrons. The van der Waals surface area contributed by atoms with E-state index in [9.17, 15) is 9.59 Å². The number of hydrogen-bond donors (Lipinski definition) is 1. The SMILES string of the molecule is [3H]CC1(COP(OCC[N+]#[C-])N(C(C)C)C(C)C)CCN(C(=O)CCCCCNC(=O)c2ccc(N=Nc3ccc(N(C)C)cc3)cc2)CC1. The summed E-state index contributed by atoms with van der Waals surface area (Å²) < 4.78 is 23.0. The molecule has 1 unspecified atom stereocenters. The molecule has 11 nitrogen and oxygen atoms in total. The smallest absolute Gasteiger partial charge is 0.259 e. The van der Waals surface area contributed by atoms with E-state index in [2.05, 4.69) is 52.8 Å². The number of unbranched alkanes of at least 4 members (excludes halogenated alkanes) is 2. The molecule has 1 N–H and O–H groups in total. The second-order valence-electron chi connectivity index (χ2n) is 13.4. The van der Waals surface area contributed by atoms with Crippen molar-refractivity contribution in [3.8, 4) is 0 Å². The van der Waals surface area contributed by atoms with Crippen LogP contribution in [0.2, 0.25) is 0 Å². The lowest BCUT2D eigenvalue weighted by Gasteiger charge is -2.41. The van der Waals surface area contributed by atoms with E-state index in [1.165, 1.54) is 0 Å². The minimum absolute atomic E-state index is 0.136. The fourth-order valence-electron chi connectivity index (χ4n) is 5.53. The van der Waals surface area contributed by atoms with Gasteiger partial charge in [-0.1, -0.05) is 13.3 Å². The van der Waals surface area contributed by atoms with Gasteiger partial charge in [0.2, 0.25) is 12.5 Å². The molecule has 2 aromatic carbocycles. The average molecular weight is 696 g/mol. The molecule has 1 saturated heterocycles. The summed E-state index contributed by atoms with van der Waals surface area (Å²) in [5.41, 5.74) is 2.77. The van der Waals surface area contributed by atoms with E-state index in [-0.39, 0.29) is 36.2 Å². The van der Waals surface area contributed by atoms with E-state index in [4.69, 9.17) is 17.0 Å². The average Bonchev–Trinajstić information content (AvgIpc) is 3.11. The van der Waals surface area contributed by atoms with Gasteiger partial charge in [-0.3, -0.25) is 9.59 Å². The summed E-state index contributed by atoms with van der Waals surface area (Å²) in [6.45, 7) is 18.6. The molecule has 1 aliphatic rings. The Hall–Kier alpha value is -3.42. The number of likely N-dealkylation sites (tertiary alicyclic amines) is 1. The van der Waals surface area contributed by atoms with Gasteiger partial charge < -0.3 is 29.0 Å². The van der Waals surface area contributed by atoms with Gasteiger partial charge in [0.05, 0.1) is 18.0 Å². The van der Waals surface area contributed by atoms with Crippen LogP contribution >= 0.6 is 8.53 Å². The number of hydrogen-bond acceptors (Lipinski definition) is 8. The monoisotopic (exact) mass is 695 g/mol. The van der Waals surface area contributed by atoms with Crippen molar-refractivity contribution in [3.63, 3.8) is 0 Å². The molecule has 2 amide bonds. The van der Waals surface area contributed by atoms with Gasteiger partial charge >= 0.3 is 0 Å². The quantitative estimate of drug-likeness (QED) is 0.0686. The molecular weight excluding hydrogens is 637 g/mol. The van der Waals surface area contributed by atoms with E-state index in [1.54, 1.807) is 24.3 Å². The molecule has 0 bridgehead atoms. The molecule has 0 saturated carbocycles. The summed E-state index contributed by atoms with van der Waals surface area (Å²) in [5.74, 6) is 0.00880. The van der Waals surface area contributed by atoms with Crippen molar-refractivity contribution in [1.29, 1.82) is 0 Å². The molecule has 49 heavy (non-hydrogen) atoms. The minimum atomic E-state index is -1.35. The van der Waals surface area contributed by atoms with Crippen LogP contribution in [0.4, 0.5) is 17.1 Å². The molecule has 0 aromatic heterocycles. The Labute approximate surface area is 296 Å². The molecule has 1 heterocycles. The molecule has 1 fully saturated rings. The standard InChI is InChI=1S/C37H56N7O4P/c1-29(2)44(30(3)4)49(47-27-24-38-6)48-28-37(5)21-25-43(26-22-37)35(45)12-10-9-11-23-39-36(46)31-13-15-32(16-14-31)40-41-33-17-19-34(20-18-33)42(7)8/h13-20,29-30H,9-12,21-28H2,1-5,7-8H3,(H,39,46)/i5T. The highest BCUT2D eigenvalue weighted by Crippen LogP contribution is 2.48. The molecule has 3 rings (SSSR count). The first-order valence-electron chi connectivity index (χ1n) is 18.0. The first-order chi connectivity index (χ1) is 24.0. The second-order valence-corrected chi connectivity index (χ2v) is 14.9. The largest absolute Gasteiger partial charge is 0.378 e. The zero-order valence-corrected chi connectivity index (χ0v) is 31.1. The maximum absolute atomic E-state index is 13.0. The normalized spacial score (nSPS) is 15.4. The Balaban J connectivity index is 1.35. The summed E-state index contributed by atoms with van der Waals surface area (Å²) in [4.78, 5) is 32.9. The molecule has 1 aliphatic heterocycles. The molecule has 1 atom stereocenters. The van der Waals surface area contributed by atoms with Crippen molar-refractivity contribution in [2.45, 2.75) is 85.2 Å². The van der Waals surface area contributed by atoms with E-state index >= 15 is 0 Å². The van der Waals surface area contributed by atoms with Crippen LogP contribution in [0.25, 0.3) is 4.85 Å². The maximum atomic E-state index is 13.0. The fourth-order valence-corrected chi connectivity index (χ4v) is 7.25. The van der Waals surface area contributed by atoms with Gasteiger partial charge in [0.15, 0.2) is 0 Å². The van der Waals surface area contributed by atoms with Crippen molar-refractivity contribution in [1.82, 2.24) is 14.9 Å². The number of amides is 2. The number of benzene rings is 2. The van der Waals surface area contributed by atoms with Gasteiger partial charge in [-0.25, -0.2) is 11.2 Å². The topological polar surface area (TPSA) is 103 Å². The van der Waals surface area contributed by atoms with Crippen molar-refractivity contribution in [2.24, 2.45) is 15.6 Å². The van der Waals surface area contributed by atoms with Gasteiger partial charge in [-0.15, -0.1) is 0 Å². The molecule has 2 aromatic rings. The summed E-state index contributed by atoms with van der Waals surface area (Å²) in [7, 11) is 2.62. The number of nitrogens with zero attached hydrogens (tertiary/aromatic N) is 6. The summed E-state index contributed by atoms with van der Waals surface area (Å²) >= 11 is 0. The van der Waals surface area contributed by atoms with E-state index < -0.39 is 8.53 Å². The van der Waals surface area contributed by atoms with Gasteiger partial charge in [0, 0.05) is 64.9 Å². The van der Waals surface area contributed by atoms with Crippen LogP contribution < -0.4 is 10.2 Å². The highest BCUT2D eigenvalue weighted by molar-refractivity contribution is 7.44. The lowest BCUT2D eigenvalue weighted by molar-refractivity contribution is -0.133. The van der Waals surface area contributed by atoms with E-state index in [0.717, 1.165) is 43.5 Å². The fraction of sp³-hybridized carbons (Fsp3) is 0.595. The maximum Gasteiger partial charge on any atom is 0.259 e. The van der Waals surface area contributed by atoms with Crippen LogP contribution in [-0.2, 0) is 13.8 Å². The lowest BCUT2D eigenvalue weighted by Crippen LogP contribution is -2.44. The Morgan fingerprint density at radius 2 is 1.59 bits per heavy atom. The Kier molecular flexibility index (Phi) is 15.9. The molecule has 0 aliphatic carbocycles. The molecule has 268 valence electrons. The number of anilines is 1. The van der Waals surface area contributed by atoms with Crippen molar-refractivity contribution in [3.05, 3.63) is 65.5 Å². The van der Waals surface area contributed by atoms with E-state index in [1.807, 2.05) is 48.2 Å². The molecular formula is C37H56N7O4P. The summed E-state index contributed by atoms with van der Waals surface area (Å²) in [6.07, 6.45) is 4.32. The van der Waals surface area contributed by atoms with Crippen LogP contribution in [0, 0.1) is 12.0 Å². The van der Waals surface area contributed by atoms with Crippen molar-refractivity contribution < 1.29 is 20.0 Å². The van der Waals surface area contributed by atoms with Gasteiger partial charge in [0.1, 0.15) is 6.61 Å². The third-order valence-corrected chi connectivity index (χ3v) is 10.5. The number of rotatable bonds is 19. The van der Waals surface area contributed by atoms with Crippen LogP contribution in [-0.4, -0.2) is 87.0 Å². The second kappa shape index (κ2) is 20.3. The summed E-state index contributed by atoms with van der Waals surface area (Å²) in [6, 6.07) is 15.3. The highest BCUT2D eigenvalue weighted by Gasteiger charge is 2.35. The Bertz CT molecular complexity index is 1380. The Morgan fingerprint density at radius 3 is 2.14 bits per heavy atom. The van der Waals surface area contributed by atoms with Crippen molar-refractivity contribution in [2.75, 3.05) is 58.4 Å². The predicted octanol–water partition coefficient (Wildman–Crippen LogP) is 8.39. The third kappa shape index (κ3) is 13.4. The van der Waals surface area contributed by atoms with Crippen LogP contribution in [0.1, 0.15) is 84.8 Å². The first-order valence-corrected chi connectivity index (χ1v) is 18.4. The number of piperidine rings is 1. The molecule has 0 spiro atoms. The van der Waals surface area contributed by atoms with Crippen molar-refractivity contribution >= 4 is 37.4 Å². The number of nitrogens with one attached hydrogen (secondary N) is 1. The first kappa shape index (κ1) is 38.4. The highest BCUT2D eigenvalue weighted by atomic mass is 31.2. The zero-order valence-electron chi connectivity index (χ0n) is 31.2. The number of carbonyl (C=O) groups is 2. The van der Waals surface area contributed by atoms with E-state index in [0.29, 0.717) is 57.1 Å². The lowest BCUT2D eigenvalue weighted by atomic mass is 9.81.